The molecule has 6 nitrogen and oxygen atoms in total. The van der Waals surface area contributed by atoms with Gasteiger partial charge < -0.3 is 15.8 Å². The number of pyridine rings is 1. The smallest absolute Gasteiger partial charge is 0.169 e. The number of anilines is 2. The lowest BCUT2D eigenvalue weighted by molar-refractivity contribution is 0.210. The fourth-order valence-electron chi connectivity index (χ4n) is 1.45. The predicted molar refractivity (Wildman–Crippen MR) is 70.0 cm³/mol. The van der Waals surface area contributed by atoms with E-state index in [1.165, 1.54) is 0 Å². The van der Waals surface area contributed by atoms with Gasteiger partial charge in [-0.05, 0) is 12.1 Å². The van der Waals surface area contributed by atoms with E-state index in [4.69, 9.17) is 10.5 Å². The molecule has 6 heteroatoms. The van der Waals surface area contributed by atoms with Crippen LogP contribution in [0.4, 0.5) is 11.6 Å². The first-order valence-electron chi connectivity index (χ1n) is 5.57. The van der Waals surface area contributed by atoms with Crippen LogP contribution in [0.5, 0.6) is 0 Å². The second-order valence-electron chi connectivity index (χ2n) is 3.65. The molecule has 0 aromatic carbocycles. The molecule has 0 saturated carbocycles. The Kier molecular flexibility index (Phi) is 4.03. The number of aromatic nitrogens is 3. The van der Waals surface area contributed by atoms with Crippen LogP contribution in [0.3, 0.4) is 0 Å². The normalized spacial score (nSPS) is 10.3. The van der Waals surface area contributed by atoms with Gasteiger partial charge >= 0.3 is 0 Å². The van der Waals surface area contributed by atoms with E-state index in [1.807, 2.05) is 12.1 Å². The molecule has 0 bridgehead atoms. The number of rotatable bonds is 5. The van der Waals surface area contributed by atoms with Crippen molar-refractivity contribution >= 4 is 11.6 Å². The Bertz CT molecular complexity index is 503. The quantitative estimate of drug-likeness (QED) is 0.769. The Morgan fingerprint density at radius 3 is 3.00 bits per heavy atom. The van der Waals surface area contributed by atoms with Crippen LogP contribution in [0.1, 0.15) is 0 Å². The van der Waals surface area contributed by atoms with Crippen molar-refractivity contribution in [1.29, 1.82) is 0 Å². The highest BCUT2D eigenvalue weighted by atomic mass is 16.5. The average molecular weight is 245 g/mol. The molecule has 2 rings (SSSR count). The zero-order chi connectivity index (χ0) is 12.8. The minimum Gasteiger partial charge on any atom is -0.383 e. The van der Waals surface area contributed by atoms with E-state index in [1.54, 1.807) is 25.7 Å². The Morgan fingerprint density at radius 2 is 2.28 bits per heavy atom. The average Bonchev–Trinajstić information content (AvgIpc) is 2.42. The third kappa shape index (κ3) is 2.92. The molecule has 18 heavy (non-hydrogen) atoms. The van der Waals surface area contributed by atoms with Crippen LogP contribution in [0.25, 0.3) is 11.3 Å². The van der Waals surface area contributed by atoms with Crippen molar-refractivity contribution in [1.82, 2.24) is 15.0 Å². The topological polar surface area (TPSA) is 86.0 Å². The van der Waals surface area contributed by atoms with Gasteiger partial charge in [-0.2, -0.15) is 0 Å². The monoisotopic (exact) mass is 245 g/mol. The van der Waals surface area contributed by atoms with E-state index < -0.39 is 0 Å². The van der Waals surface area contributed by atoms with Gasteiger partial charge in [0.2, 0.25) is 0 Å². The van der Waals surface area contributed by atoms with Crippen LogP contribution in [-0.2, 0) is 4.74 Å². The van der Waals surface area contributed by atoms with Crippen molar-refractivity contribution in [3.63, 3.8) is 0 Å². The summed E-state index contributed by atoms with van der Waals surface area (Å²) in [7, 11) is 1.64. The van der Waals surface area contributed by atoms with Crippen LogP contribution in [-0.4, -0.2) is 35.2 Å². The molecule has 0 fully saturated rings. The number of nitrogens with one attached hydrogen (secondary N) is 1. The molecule has 0 atom stereocenters. The largest absolute Gasteiger partial charge is 0.383 e. The second kappa shape index (κ2) is 5.92. The van der Waals surface area contributed by atoms with Crippen molar-refractivity contribution in [2.75, 3.05) is 31.3 Å². The lowest BCUT2D eigenvalue weighted by atomic mass is 10.2. The highest BCUT2D eigenvalue weighted by molar-refractivity contribution is 5.64. The Morgan fingerprint density at radius 1 is 1.39 bits per heavy atom. The zero-order valence-electron chi connectivity index (χ0n) is 10.1. The first-order chi connectivity index (χ1) is 8.81. The first-order valence-corrected chi connectivity index (χ1v) is 5.57. The highest BCUT2D eigenvalue weighted by Gasteiger charge is 2.05. The third-order valence-electron chi connectivity index (χ3n) is 2.36. The van der Waals surface area contributed by atoms with E-state index in [9.17, 15) is 0 Å². The minimum atomic E-state index is 0.374. The van der Waals surface area contributed by atoms with Gasteiger partial charge in [0.1, 0.15) is 0 Å². The van der Waals surface area contributed by atoms with Crippen LogP contribution in [0.15, 0.2) is 30.7 Å². The summed E-state index contributed by atoms with van der Waals surface area (Å²) in [6.07, 6.45) is 5.08. The predicted octanol–water partition coefficient (Wildman–Crippen LogP) is 1.18. The van der Waals surface area contributed by atoms with E-state index in [-0.39, 0.29) is 0 Å². The van der Waals surface area contributed by atoms with Gasteiger partial charge in [0.15, 0.2) is 11.6 Å². The van der Waals surface area contributed by atoms with Gasteiger partial charge in [-0.3, -0.25) is 4.98 Å². The number of nitrogens with two attached hydrogens (primary N) is 1. The molecule has 2 aromatic heterocycles. The number of hydrogen-bond acceptors (Lipinski definition) is 6. The number of ether oxygens (including phenoxy) is 1. The summed E-state index contributed by atoms with van der Waals surface area (Å²) in [5.74, 6) is 0.937. The minimum absolute atomic E-state index is 0.374. The molecule has 2 aromatic rings. The Labute approximate surface area is 105 Å². The van der Waals surface area contributed by atoms with Crippen LogP contribution in [0.2, 0.25) is 0 Å². The van der Waals surface area contributed by atoms with E-state index in [2.05, 4.69) is 20.3 Å². The van der Waals surface area contributed by atoms with Crippen molar-refractivity contribution in [2.24, 2.45) is 0 Å². The highest BCUT2D eigenvalue weighted by Crippen LogP contribution is 2.19. The fourth-order valence-corrected chi connectivity index (χ4v) is 1.45. The lowest BCUT2D eigenvalue weighted by Gasteiger charge is -2.08. The first kappa shape index (κ1) is 12.3. The molecule has 0 aliphatic carbocycles. The maximum atomic E-state index is 5.76. The van der Waals surface area contributed by atoms with Crippen molar-refractivity contribution < 1.29 is 4.74 Å². The molecule has 0 radical (unpaired) electrons. The molecule has 0 saturated heterocycles. The van der Waals surface area contributed by atoms with E-state index in [0.29, 0.717) is 24.8 Å². The third-order valence-corrected chi connectivity index (χ3v) is 2.36. The molecule has 94 valence electrons. The number of nitrogens with zero attached hydrogens (tertiary/aromatic N) is 3. The lowest BCUT2D eigenvalue weighted by Crippen LogP contribution is -2.11. The summed E-state index contributed by atoms with van der Waals surface area (Å²) >= 11 is 0. The van der Waals surface area contributed by atoms with Gasteiger partial charge in [-0.25, -0.2) is 9.97 Å². The Hall–Kier alpha value is -2.21. The molecule has 2 heterocycles. The maximum absolute atomic E-state index is 5.76. The maximum Gasteiger partial charge on any atom is 0.169 e. The molecule has 0 aliphatic rings. The van der Waals surface area contributed by atoms with Gasteiger partial charge in [-0.15, -0.1) is 0 Å². The number of hydrogen-bond donors (Lipinski definition) is 2. The summed E-state index contributed by atoms with van der Waals surface area (Å²) in [5, 5.41) is 3.08. The van der Waals surface area contributed by atoms with Gasteiger partial charge in [0.25, 0.3) is 0 Å². The van der Waals surface area contributed by atoms with Crippen LogP contribution in [0, 0.1) is 0 Å². The van der Waals surface area contributed by atoms with E-state index >= 15 is 0 Å². The standard InChI is InChI=1S/C12H15N5O/c1-18-6-5-15-12-11(13)16-8-10(17-12)9-3-2-4-14-7-9/h2-4,7-8H,5-6H2,1H3,(H2,13,16)(H,15,17). The zero-order valence-corrected chi connectivity index (χ0v) is 10.1. The molecule has 0 aliphatic heterocycles. The van der Waals surface area contributed by atoms with Crippen molar-refractivity contribution in [3.8, 4) is 11.3 Å². The SMILES string of the molecule is COCCNc1nc(-c2cccnc2)cnc1N. The summed E-state index contributed by atoms with van der Waals surface area (Å²) < 4.78 is 4.96. The van der Waals surface area contributed by atoms with Crippen LogP contribution < -0.4 is 11.1 Å². The molecule has 0 unspecified atom stereocenters. The molecular weight excluding hydrogens is 230 g/mol. The fraction of sp³-hybridized carbons (Fsp3) is 0.250. The second-order valence-corrected chi connectivity index (χ2v) is 3.65. The number of nitrogen functional groups attached to an aromatic ring is 1. The van der Waals surface area contributed by atoms with Crippen molar-refractivity contribution in [3.05, 3.63) is 30.7 Å². The van der Waals surface area contributed by atoms with Gasteiger partial charge in [0.05, 0.1) is 18.5 Å². The molecule has 0 amide bonds. The molecule has 3 N–H and O–H groups in total. The number of methoxy groups -OCH3 is 1. The summed E-state index contributed by atoms with van der Waals surface area (Å²) in [6, 6.07) is 3.78. The summed E-state index contributed by atoms with van der Waals surface area (Å²) in [5.41, 5.74) is 7.39. The molecular formula is C12H15N5O. The molecule has 0 spiro atoms. The van der Waals surface area contributed by atoms with E-state index in [0.717, 1.165) is 11.3 Å². The summed E-state index contributed by atoms with van der Waals surface area (Å²) in [6.45, 7) is 1.21. The van der Waals surface area contributed by atoms with Crippen LogP contribution >= 0.6 is 0 Å². The Balaban J connectivity index is 2.21. The summed E-state index contributed by atoms with van der Waals surface area (Å²) in [4.78, 5) is 12.6. The van der Waals surface area contributed by atoms with Gasteiger partial charge in [0, 0.05) is 31.6 Å². The van der Waals surface area contributed by atoms with Crippen molar-refractivity contribution in [2.45, 2.75) is 0 Å². The van der Waals surface area contributed by atoms with Gasteiger partial charge in [-0.1, -0.05) is 0 Å².